The average molecular weight is 447 g/mol. The fraction of sp³-hybridized carbons (Fsp3) is 0.360. The molecule has 1 unspecified atom stereocenters. The zero-order valence-corrected chi connectivity index (χ0v) is 18.3. The van der Waals surface area contributed by atoms with Crippen LogP contribution < -0.4 is 9.80 Å². The van der Waals surface area contributed by atoms with Crippen molar-refractivity contribution in [2.24, 2.45) is 5.92 Å². The van der Waals surface area contributed by atoms with E-state index in [-0.39, 0.29) is 48.7 Å². The molecule has 3 aliphatic heterocycles. The molecular formula is C25H26N4O4. The second kappa shape index (κ2) is 8.69. The number of hydrogen-bond acceptors (Lipinski definition) is 4. The van der Waals surface area contributed by atoms with Crippen molar-refractivity contribution in [2.45, 2.75) is 25.3 Å². The maximum absolute atomic E-state index is 13.1. The van der Waals surface area contributed by atoms with Crippen molar-refractivity contribution in [2.75, 3.05) is 36.0 Å². The van der Waals surface area contributed by atoms with E-state index >= 15 is 0 Å². The van der Waals surface area contributed by atoms with Gasteiger partial charge in [-0.05, 0) is 37.1 Å². The molecule has 1 atom stereocenters. The van der Waals surface area contributed by atoms with Crippen LogP contribution in [0.3, 0.4) is 0 Å². The van der Waals surface area contributed by atoms with Crippen molar-refractivity contribution in [1.82, 2.24) is 9.80 Å². The molecule has 0 bridgehead atoms. The topological polar surface area (TPSA) is 81.2 Å². The molecule has 0 spiro atoms. The number of benzene rings is 2. The van der Waals surface area contributed by atoms with Crippen LogP contribution in [-0.4, -0.2) is 65.8 Å². The van der Waals surface area contributed by atoms with Crippen LogP contribution in [0.5, 0.6) is 0 Å². The predicted octanol–water partition coefficient (Wildman–Crippen LogP) is 2.50. The second-order valence-electron chi connectivity index (χ2n) is 8.77. The number of nitrogens with zero attached hydrogens (tertiary/aromatic N) is 4. The highest BCUT2D eigenvalue weighted by atomic mass is 16.2. The van der Waals surface area contributed by atoms with E-state index in [1.165, 1.54) is 4.90 Å². The molecule has 170 valence electrons. The third-order valence-electron chi connectivity index (χ3n) is 6.77. The molecule has 0 aromatic heterocycles. The Morgan fingerprint density at radius 1 is 0.788 bits per heavy atom. The number of piperidine rings is 1. The minimum atomic E-state index is -0.349. The lowest BCUT2D eigenvalue weighted by atomic mass is 10.0. The highest BCUT2D eigenvalue weighted by Crippen LogP contribution is 2.29. The average Bonchev–Trinajstić information content (AvgIpc) is 3.38. The van der Waals surface area contributed by atoms with Crippen LogP contribution in [-0.2, 0) is 14.4 Å². The fourth-order valence-electron chi connectivity index (χ4n) is 5.02. The van der Waals surface area contributed by atoms with Crippen LogP contribution in [0.15, 0.2) is 60.7 Å². The molecule has 8 nitrogen and oxygen atoms in total. The minimum Gasteiger partial charge on any atom is -0.342 e. The zero-order valence-electron chi connectivity index (χ0n) is 18.3. The quantitative estimate of drug-likeness (QED) is 0.676. The first kappa shape index (κ1) is 21.2. The van der Waals surface area contributed by atoms with E-state index in [1.54, 1.807) is 39.0 Å². The summed E-state index contributed by atoms with van der Waals surface area (Å²) in [6.45, 7) is 1.49. The van der Waals surface area contributed by atoms with Gasteiger partial charge in [0.15, 0.2) is 0 Å². The lowest BCUT2D eigenvalue weighted by molar-refractivity contribution is -0.137. The summed E-state index contributed by atoms with van der Waals surface area (Å²) in [5.74, 6) is -0.611. The molecule has 0 saturated carbocycles. The van der Waals surface area contributed by atoms with Crippen molar-refractivity contribution >= 4 is 35.1 Å². The van der Waals surface area contributed by atoms with Gasteiger partial charge >= 0.3 is 6.03 Å². The Kier molecular flexibility index (Phi) is 5.58. The van der Waals surface area contributed by atoms with Crippen molar-refractivity contribution in [3.8, 4) is 0 Å². The maximum Gasteiger partial charge on any atom is 0.332 e. The number of para-hydroxylation sites is 2. The second-order valence-corrected chi connectivity index (χ2v) is 8.77. The summed E-state index contributed by atoms with van der Waals surface area (Å²) in [4.78, 5) is 57.4. The highest BCUT2D eigenvalue weighted by Gasteiger charge is 2.43. The summed E-state index contributed by atoms with van der Waals surface area (Å²) >= 11 is 0. The van der Waals surface area contributed by atoms with E-state index in [0.717, 1.165) is 5.69 Å². The molecule has 5 amide bonds. The molecule has 0 N–H and O–H groups in total. The Labute approximate surface area is 192 Å². The molecule has 3 aliphatic rings. The molecule has 5 rings (SSSR count). The molecule has 8 heteroatoms. The number of imide groups is 1. The highest BCUT2D eigenvalue weighted by molar-refractivity contribution is 6.19. The van der Waals surface area contributed by atoms with E-state index in [4.69, 9.17) is 0 Å². The van der Waals surface area contributed by atoms with Gasteiger partial charge in [-0.2, -0.15) is 0 Å². The van der Waals surface area contributed by atoms with Crippen LogP contribution in [0, 0.1) is 5.92 Å². The van der Waals surface area contributed by atoms with E-state index in [9.17, 15) is 19.2 Å². The largest absolute Gasteiger partial charge is 0.342 e. The number of urea groups is 1. The van der Waals surface area contributed by atoms with Gasteiger partial charge in [-0.15, -0.1) is 0 Å². The first-order valence-electron chi connectivity index (χ1n) is 11.4. The van der Waals surface area contributed by atoms with E-state index < -0.39 is 0 Å². The van der Waals surface area contributed by atoms with E-state index in [2.05, 4.69) is 0 Å². The number of carbonyl (C=O) groups is 4. The number of carbonyl (C=O) groups excluding carboxylic acids is 4. The van der Waals surface area contributed by atoms with Gasteiger partial charge in [-0.3, -0.25) is 14.4 Å². The maximum atomic E-state index is 13.1. The van der Waals surface area contributed by atoms with Crippen LogP contribution in [0.4, 0.5) is 16.2 Å². The molecule has 0 aliphatic carbocycles. The molecule has 2 aromatic rings. The number of hydrogen-bond donors (Lipinski definition) is 0. The Bertz CT molecular complexity index is 1070. The SMILES string of the molecule is O=C(C1CC(=O)N(c2ccccc2)C1)N1CCC(N2CC(=O)N(c3ccccc3)C2=O)CC1. The number of rotatable bonds is 4. The smallest absolute Gasteiger partial charge is 0.332 e. The zero-order chi connectivity index (χ0) is 22.9. The van der Waals surface area contributed by atoms with Gasteiger partial charge in [0.2, 0.25) is 11.8 Å². The molecule has 3 saturated heterocycles. The van der Waals surface area contributed by atoms with Crippen LogP contribution >= 0.6 is 0 Å². The fourth-order valence-corrected chi connectivity index (χ4v) is 5.02. The van der Waals surface area contributed by atoms with Crippen LogP contribution in [0.25, 0.3) is 0 Å². The van der Waals surface area contributed by atoms with Gasteiger partial charge in [-0.25, -0.2) is 9.69 Å². The van der Waals surface area contributed by atoms with Crippen LogP contribution in [0.1, 0.15) is 19.3 Å². The lowest BCUT2D eigenvalue weighted by Gasteiger charge is -2.37. The molecule has 2 aromatic carbocycles. The number of anilines is 2. The van der Waals surface area contributed by atoms with Crippen molar-refractivity contribution in [3.05, 3.63) is 60.7 Å². The molecular weight excluding hydrogens is 420 g/mol. The Balaban J connectivity index is 1.19. The predicted molar refractivity (Wildman–Crippen MR) is 123 cm³/mol. The summed E-state index contributed by atoms with van der Waals surface area (Å²) in [6, 6.07) is 18.0. The standard InChI is InChI=1S/C25H26N4O4/c30-22-15-18(16-27(22)19-7-3-1-4-8-19)24(32)26-13-11-20(12-14-26)28-17-23(31)29(25(28)33)21-9-5-2-6-10-21/h1-10,18,20H,11-17H2. The van der Waals surface area contributed by atoms with Gasteiger partial charge in [0.25, 0.3) is 5.91 Å². The lowest BCUT2D eigenvalue weighted by Crippen LogP contribution is -2.49. The number of amides is 5. The van der Waals surface area contributed by atoms with Gasteiger partial charge in [-0.1, -0.05) is 36.4 Å². The van der Waals surface area contributed by atoms with Crippen molar-refractivity contribution in [1.29, 1.82) is 0 Å². The van der Waals surface area contributed by atoms with Crippen molar-refractivity contribution < 1.29 is 19.2 Å². The van der Waals surface area contributed by atoms with Crippen LogP contribution in [0.2, 0.25) is 0 Å². The first-order chi connectivity index (χ1) is 16.0. The monoisotopic (exact) mass is 446 g/mol. The Morgan fingerprint density at radius 3 is 2.03 bits per heavy atom. The molecule has 33 heavy (non-hydrogen) atoms. The van der Waals surface area contributed by atoms with Gasteiger partial charge < -0.3 is 14.7 Å². The Hall–Kier alpha value is -3.68. The summed E-state index contributed by atoms with van der Waals surface area (Å²) in [5, 5.41) is 0. The summed E-state index contributed by atoms with van der Waals surface area (Å²) in [6.07, 6.45) is 1.46. The first-order valence-corrected chi connectivity index (χ1v) is 11.4. The minimum absolute atomic E-state index is 0.00466. The normalized spacial score (nSPS) is 21.9. The molecule has 3 heterocycles. The van der Waals surface area contributed by atoms with E-state index in [0.29, 0.717) is 38.2 Å². The van der Waals surface area contributed by atoms with Gasteiger partial charge in [0.05, 0.1) is 11.6 Å². The third kappa shape index (κ3) is 3.97. The summed E-state index contributed by atoms with van der Waals surface area (Å²) in [5.41, 5.74) is 1.40. The Morgan fingerprint density at radius 2 is 1.39 bits per heavy atom. The molecule has 3 fully saturated rings. The van der Waals surface area contributed by atoms with Gasteiger partial charge in [0.1, 0.15) is 6.54 Å². The van der Waals surface area contributed by atoms with E-state index in [1.807, 2.05) is 36.4 Å². The molecule has 0 radical (unpaired) electrons. The number of likely N-dealkylation sites (tertiary alicyclic amines) is 1. The summed E-state index contributed by atoms with van der Waals surface area (Å²) < 4.78 is 0. The van der Waals surface area contributed by atoms with Gasteiger partial charge in [0, 0.05) is 37.8 Å². The van der Waals surface area contributed by atoms with Crippen molar-refractivity contribution in [3.63, 3.8) is 0 Å². The third-order valence-corrected chi connectivity index (χ3v) is 6.77. The summed E-state index contributed by atoms with van der Waals surface area (Å²) in [7, 11) is 0.